The van der Waals surface area contributed by atoms with Gasteiger partial charge < -0.3 is 10.6 Å². The zero-order chi connectivity index (χ0) is 15.9. The first-order valence-electron chi connectivity index (χ1n) is 6.84. The molecule has 7 heteroatoms. The number of fused-ring (bicyclic) bond motifs is 1. The Hall–Kier alpha value is -1.85. The van der Waals surface area contributed by atoms with Crippen molar-refractivity contribution < 1.29 is 4.79 Å². The summed E-state index contributed by atoms with van der Waals surface area (Å²) < 4.78 is 0. The molecule has 0 bridgehead atoms. The summed E-state index contributed by atoms with van der Waals surface area (Å²) in [5, 5.41) is 1.02. The molecule has 0 saturated heterocycles. The van der Waals surface area contributed by atoms with Crippen LogP contribution in [0.1, 0.15) is 34.6 Å². The molecule has 1 atom stereocenters. The highest BCUT2D eigenvalue weighted by molar-refractivity contribution is 6.42. The summed E-state index contributed by atoms with van der Waals surface area (Å²) in [6, 6.07) is 3.56. The highest BCUT2D eigenvalue weighted by atomic mass is 35.5. The van der Waals surface area contributed by atoms with Gasteiger partial charge in [0.2, 0.25) is 0 Å². The molecule has 2 N–H and O–H groups in total. The SMILES string of the molecule is CC1c2cc(Cl)c(Cl)cc2CCN1C(=O)c1nccnc1N. The summed E-state index contributed by atoms with van der Waals surface area (Å²) in [6.45, 7) is 2.52. The molecule has 5 nitrogen and oxygen atoms in total. The van der Waals surface area contributed by atoms with Crippen LogP contribution in [-0.4, -0.2) is 27.3 Å². The number of anilines is 1. The van der Waals surface area contributed by atoms with Gasteiger partial charge in [-0.3, -0.25) is 4.79 Å². The van der Waals surface area contributed by atoms with E-state index in [2.05, 4.69) is 9.97 Å². The molecule has 0 fully saturated rings. The van der Waals surface area contributed by atoms with Crippen molar-refractivity contribution in [1.29, 1.82) is 0 Å². The molecule has 114 valence electrons. The second kappa shape index (κ2) is 5.74. The van der Waals surface area contributed by atoms with Gasteiger partial charge in [-0.1, -0.05) is 23.2 Å². The fraction of sp³-hybridized carbons (Fsp3) is 0.267. The minimum Gasteiger partial charge on any atom is -0.382 e. The number of hydrogen-bond donors (Lipinski definition) is 1. The summed E-state index contributed by atoms with van der Waals surface area (Å²) in [5.41, 5.74) is 8.04. The maximum atomic E-state index is 12.7. The molecule has 1 aromatic heterocycles. The van der Waals surface area contributed by atoms with E-state index in [-0.39, 0.29) is 23.5 Å². The van der Waals surface area contributed by atoms with Gasteiger partial charge in [-0.15, -0.1) is 0 Å². The molecular weight excluding hydrogens is 323 g/mol. The molecule has 2 heterocycles. The number of benzene rings is 1. The molecule has 1 aromatic carbocycles. The highest BCUT2D eigenvalue weighted by Gasteiger charge is 2.30. The monoisotopic (exact) mass is 336 g/mol. The molecule has 1 aliphatic rings. The van der Waals surface area contributed by atoms with Gasteiger partial charge in [0.15, 0.2) is 11.5 Å². The molecule has 3 rings (SSSR count). The summed E-state index contributed by atoms with van der Waals surface area (Å²) in [5.74, 6) is -0.0885. The standard InChI is InChI=1S/C15H14Cl2N4O/c1-8-10-7-12(17)11(16)6-9(10)2-5-21(8)15(22)13-14(18)20-4-3-19-13/h3-4,6-8H,2,5H2,1H3,(H2,18,20). The second-order valence-electron chi connectivity index (χ2n) is 5.18. The summed E-state index contributed by atoms with van der Waals surface area (Å²) in [6.07, 6.45) is 3.63. The van der Waals surface area contributed by atoms with Crippen LogP contribution in [0.4, 0.5) is 5.82 Å². The van der Waals surface area contributed by atoms with Crippen molar-refractivity contribution in [3.05, 3.63) is 51.4 Å². The lowest BCUT2D eigenvalue weighted by Gasteiger charge is -2.35. The van der Waals surface area contributed by atoms with Crippen LogP contribution in [-0.2, 0) is 6.42 Å². The third-order valence-corrected chi connectivity index (χ3v) is 4.63. The van der Waals surface area contributed by atoms with Gasteiger partial charge >= 0.3 is 0 Å². The van der Waals surface area contributed by atoms with Crippen LogP contribution in [0.15, 0.2) is 24.5 Å². The minimum absolute atomic E-state index is 0.132. The Balaban J connectivity index is 1.96. The Morgan fingerprint density at radius 1 is 1.27 bits per heavy atom. The van der Waals surface area contributed by atoms with Crippen molar-refractivity contribution >= 4 is 34.9 Å². The predicted octanol–water partition coefficient (Wildman–Crippen LogP) is 3.13. The molecule has 22 heavy (non-hydrogen) atoms. The Labute approximate surface area is 138 Å². The average Bonchev–Trinajstić information content (AvgIpc) is 2.50. The van der Waals surface area contributed by atoms with Gasteiger partial charge in [0.1, 0.15) is 0 Å². The van der Waals surface area contributed by atoms with Crippen molar-refractivity contribution in [1.82, 2.24) is 14.9 Å². The van der Waals surface area contributed by atoms with E-state index in [1.165, 1.54) is 12.4 Å². The lowest BCUT2D eigenvalue weighted by molar-refractivity contribution is 0.0672. The van der Waals surface area contributed by atoms with Gasteiger partial charge in [-0.2, -0.15) is 0 Å². The lowest BCUT2D eigenvalue weighted by Crippen LogP contribution is -2.39. The number of nitrogens with zero attached hydrogens (tertiary/aromatic N) is 3. The van der Waals surface area contributed by atoms with Gasteiger partial charge in [0.25, 0.3) is 5.91 Å². The molecule has 0 aliphatic carbocycles. The highest BCUT2D eigenvalue weighted by Crippen LogP contribution is 2.35. The van der Waals surface area contributed by atoms with E-state index in [1.807, 2.05) is 19.1 Å². The fourth-order valence-corrected chi connectivity index (χ4v) is 3.10. The van der Waals surface area contributed by atoms with Crippen molar-refractivity contribution in [3.63, 3.8) is 0 Å². The van der Waals surface area contributed by atoms with Crippen LogP contribution < -0.4 is 5.73 Å². The van der Waals surface area contributed by atoms with Crippen molar-refractivity contribution in [2.75, 3.05) is 12.3 Å². The van der Waals surface area contributed by atoms with Crippen LogP contribution in [0.2, 0.25) is 10.0 Å². The van der Waals surface area contributed by atoms with E-state index in [4.69, 9.17) is 28.9 Å². The number of nitrogens with two attached hydrogens (primary N) is 1. The van der Waals surface area contributed by atoms with E-state index >= 15 is 0 Å². The molecule has 1 amide bonds. The van der Waals surface area contributed by atoms with Crippen molar-refractivity contribution in [2.45, 2.75) is 19.4 Å². The quantitative estimate of drug-likeness (QED) is 0.868. The molecule has 1 aliphatic heterocycles. The Morgan fingerprint density at radius 3 is 2.68 bits per heavy atom. The Bertz CT molecular complexity index is 750. The van der Waals surface area contributed by atoms with E-state index in [9.17, 15) is 4.79 Å². The largest absolute Gasteiger partial charge is 0.382 e. The molecule has 2 aromatic rings. The Morgan fingerprint density at radius 2 is 1.95 bits per heavy atom. The zero-order valence-corrected chi connectivity index (χ0v) is 13.4. The smallest absolute Gasteiger partial charge is 0.276 e. The average molecular weight is 337 g/mol. The zero-order valence-electron chi connectivity index (χ0n) is 11.9. The third-order valence-electron chi connectivity index (χ3n) is 3.91. The normalized spacial score (nSPS) is 17.2. The maximum absolute atomic E-state index is 12.7. The minimum atomic E-state index is -0.227. The first kappa shape index (κ1) is 15.1. The van der Waals surface area contributed by atoms with Crippen LogP contribution in [0.3, 0.4) is 0 Å². The Kier molecular flexibility index (Phi) is 3.93. The first-order valence-corrected chi connectivity index (χ1v) is 7.60. The van der Waals surface area contributed by atoms with Crippen molar-refractivity contribution in [3.8, 4) is 0 Å². The number of aromatic nitrogens is 2. The van der Waals surface area contributed by atoms with E-state index in [0.29, 0.717) is 23.0 Å². The van der Waals surface area contributed by atoms with Crippen LogP contribution in [0, 0.1) is 0 Å². The molecule has 0 saturated carbocycles. The van der Waals surface area contributed by atoms with Gasteiger partial charge in [-0.05, 0) is 36.6 Å². The lowest BCUT2D eigenvalue weighted by atomic mass is 9.93. The predicted molar refractivity (Wildman–Crippen MR) is 86.1 cm³/mol. The van der Waals surface area contributed by atoms with E-state index in [0.717, 1.165) is 11.1 Å². The maximum Gasteiger partial charge on any atom is 0.276 e. The number of amides is 1. The number of carbonyl (C=O) groups excluding carboxylic acids is 1. The van der Waals surface area contributed by atoms with Gasteiger partial charge in [-0.25, -0.2) is 9.97 Å². The fourth-order valence-electron chi connectivity index (χ4n) is 2.74. The number of nitrogen functional groups attached to an aromatic ring is 1. The summed E-state index contributed by atoms with van der Waals surface area (Å²) >= 11 is 12.2. The van der Waals surface area contributed by atoms with E-state index in [1.54, 1.807) is 4.90 Å². The summed E-state index contributed by atoms with van der Waals surface area (Å²) in [4.78, 5) is 22.4. The van der Waals surface area contributed by atoms with Crippen LogP contribution >= 0.6 is 23.2 Å². The van der Waals surface area contributed by atoms with Crippen LogP contribution in [0.25, 0.3) is 0 Å². The summed E-state index contributed by atoms with van der Waals surface area (Å²) in [7, 11) is 0. The topological polar surface area (TPSA) is 72.1 Å². The molecule has 0 spiro atoms. The number of carbonyl (C=O) groups is 1. The third kappa shape index (κ3) is 2.51. The van der Waals surface area contributed by atoms with Gasteiger partial charge in [0, 0.05) is 18.9 Å². The number of rotatable bonds is 1. The van der Waals surface area contributed by atoms with Crippen molar-refractivity contribution in [2.24, 2.45) is 0 Å². The van der Waals surface area contributed by atoms with E-state index < -0.39 is 0 Å². The van der Waals surface area contributed by atoms with Gasteiger partial charge in [0.05, 0.1) is 16.1 Å². The first-order chi connectivity index (χ1) is 10.5. The number of halogens is 2. The molecular formula is C15H14Cl2N4O. The molecule has 0 radical (unpaired) electrons. The number of hydrogen-bond acceptors (Lipinski definition) is 4. The van der Waals surface area contributed by atoms with Crippen LogP contribution in [0.5, 0.6) is 0 Å². The second-order valence-corrected chi connectivity index (χ2v) is 5.99. The molecule has 1 unspecified atom stereocenters.